The van der Waals surface area contributed by atoms with Crippen molar-refractivity contribution in [1.29, 1.82) is 0 Å². The third-order valence-corrected chi connectivity index (χ3v) is 5.59. The minimum Gasteiger partial charge on any atom is -0.465 e. The van der Waals surface area contributed by atoms with Gasteiger partial charge in [0.15, 0.2) is 0 Å². The summed E-state index contributed by atoms with van der Waals surface area (Å²) in [5.74, 6) is -0.572. The van der Waals surface area contributed by atoms with Gasteiger partial charge in [-0.3, -0.25) is 4.72 Å². The Bertz CT molecular complexity index is 738. The molecule has 0 saturated carbocycles. The van der Waals surface area contributed by atoms with Gasteiger partial charge in [-0.15, -0.1) is 11.3 Å². The van der Waals surface area contributed by atoms with Crippen molar-refractivity contribution in [2.24, 2.45) is 0 Å². The SMILES string of the molecule is COC(=O)c1sccc1NS(=O)(=O)c1ccc(CBr)cc1. The number of carbonyl (C=O) groups excluding carboxylic acids is 1. The average molecular weight is 390 g/mol. The highest BCUT2D eigenvalue weighted by Crippen LogP contribution is 2.26. The molecule has 0 amide bonds. The van der Waals surface area contributed by atoms with E-state index in [4.69, 9.17) is 0 Å². The van der Waals surface area contributed by atoms with Gasteiger partial charge in [-0.25, -0.2) is 13.2 Å². The number of anilines is 1. The van der Waals surface area contributed by atoms with Crippen LogP contribution in [0.5, 0.6) is 0 Å². The van der Waals surface area contributed by atoms with E-state index in [-0.39, 0.29) is 15.5 Å². The molecule has 0 radical (unpaired) electrons. The smallest absolute Gasteiger partial charge is 0.350 e. The van der Waals surface area contributed by atoms with Crippen LogP contribution >= 0.6 is 27.3 Å². The molecule has 0 saturated heterocycles. The van der Waals surface area contributed by atoms with E-state index in [0.717, 1.165) is 16.9 Å². The highest BCUT2D eigenvalue weighted by Gasteiger charge is 2.20. The fourth-order valence-corrected chi connectivity index (χ4v) is 3.88. The van der Waals surface area contributed by atoms with Crippen LogP contribution < -0.4 is 4.72 Å². The van der Waals surface area contributed by atoms with Crippen molar-refractivity contribution in [2.75, 3.05) is 11.8 Å². The fraction of sp³-hybridized carbons (Fsp3) is 0.154. The maximum Gasteiger partial charge on any atom is 0.350 e. The minimum atomic E-state index is -3.74. The minimum absolute atomic E-state index is 0.134. The molecule has 1 aromatic heterocycles. The Balaban J connectivity index is 2.29. The number of esters is 1. The number of methoxy groups -OCH3 is 1. The summed E-state index contributed by atoms with van der Waals surface area (Å²) in [4.78, 5) is 11.9. The van der Waals surface area contributed by atoms with E-state index in [9.17, 15) is 13.2 Å². The number of hydrogen-bond donors (Lipinski definition) is 1. The molecule has 21 heavy (non-hydrogen) atoms. The fourth-order valence-electron chi connectivity index (χ4n) is 1.60. The molecule has 0 aliphatic rings. The van der Waals surface area contributed by atoms with E-state index < -0.39 is 16.0 Å². The van der Waals surface area contributed by atoms with Gasteiger partial charge in [-0.2, -0.15) is 0 Å². The lowest BCUT2D eigenvalue weighted by Gasteiger charge is -2.08. The number of halogens is 1. The van der Waals surface area contributed by atoms with Gasteiger partial charge in [-0.1, -0.05) is 28.1 Å². The largest absolute Gasteiger partial charge is 0.465 e. The molecule has 8 heteroatoms. The number of rotatable bonds is 5. The number of nitrogens with one attached hydrogen (secondary N) is 1. The molecule has 0 bridgehead atoms. The zero-order valence-electron chi connectivity index (χ0n) is 11.0. The second-order valence-corrected chi connectivity index (χ2v) is 7.20. The second kappa shape index (κ2) is 6.59. The Morgan fingerprint density at radius 2 is 1.95 bits per heavy atom. The van der Waals surface area contributed by atoms with Gasteiger partial charge in [-0.05, 0) is 29.1 Å². The van der Waals surface area contributed by atoms with Crippen LogP contribution in [0.4, 0.5) is 5.69 Å². The number of hydrogen-bond acceptors (Lipinski definition) is 5. The molecule has 1 aromatic carbocycles. The second-order valence-electron chi connectivity index (χ2n) is 4.04. The van der Waals surface area contributed by atoms with E-state index >= 15 is 0 Å². The van der Waals surface area contributed by atoms with E-state index in [2.05, 4.69) is 25.4 Å². The molecule has 2 rings (SSSR count). The summed E-state index contributed by atoms with van der Waals surface area (Å²) >= 11 is 4.42. The maximum absolute atomic E-state index is 12.3. The van der Waals surface area contributed by atoms with E-state index in [1.165, 1.54) is 25.3 Å². The molecule has 0 unspecified atom stereocenters. The monoisotopic (exact) mass is 389 g/mol. The molecule has 1 N–H and O–H groups in total. The Morgan fingerprint density at radius 3 is 2.52 bits per heavy atom. The highest BCUT2D eigenvalue weighted by atomic mass is 79.9. The molecule has 5 nitrogen and oxygen atoms in total. The van der Waals surface area contributed by atoms with E-state index in [1.807, 2.05) is 0 Å². The number of benzene rings is 1. The maximum atomic E-state index is 12.3. The summed E-state index contributed by atoms with van der Waals surface area (Å²) in [7, 11) is -2.49. The summed E-state index contributed by atoms with van der Waals surface area (Å²) < 4.78 is 31.6. The topological polar surface area (TPSA) is 72.5 Å². The van der Waals surface area contributed by atoms with Crippen LogP contribution in [0.2, 0.25) is 0 Å². The third-order valence-electron chi connectivity index (χ3n) is 2.67. The summed E-state index contributed by atoms with van der Waals surface area (Å²) in [6.07, 6.45) is 0. The number of thiophene rings is 1. The van der Waals surface area contributed by atoms with E-state index in [1.54, 1.807) is 17.5 Å². The molecular formula is C13H12BrNO4S2. The van der Waals surface area contributed by atoms with Crippen molar-refractivity contribution < 1.29 is 17.9 Å². The average Bonchev–Trinajstić information content (AvgIpc) is 2.94. The van der Waals surface area contributed by atoms with Crippen molar-refractivity contribution in [2.45, 2.75) is 10.2 Å². The normalized spacial score (nSPS) is 11.1. The Labute approximate surface area is 135 Å². The number of ether oxygens (including phenoxy) is 1. The van der Waals surface area contributed by atoms with Crippen molar-refractivity contribution in [3.63, 3.8) is 0 Å². The molecule has 0 atom stereocenters. The van der Waals surface area contributed by atoms with Gasteiger partial charge >= 0.3 is 5.97 Å². The quantitative estimate of drug-likeness (QED) is 0.629. The van der Waals surface area contributed by atoms with Crippen LogP contribution in [0.15, 0.2) is 40.6 Å². The molecule has 0 spiro atoms. The van der Waals surface area contributed by atoms with Crippen LogP contribution in [-0.2, 0) is 20.1 Å². The number of alkyl halides is 1. The van der Waals surface area contributed by atoms with Gasteiger partial charge < -0.3 is 4.74 Å². The standard InChI is InChI=1S/C13H12BrNO4S2/c1-19-13(16)12-11(6-7-20-12)15-21(17,18)10-4-2-9(8-14)3-5-10/h2-7,15H,8H2,1H3. The van der Waals surface area contributed by atoms with Crippen LogP contribution in [0, 0.1) is 0 Å². The van der Waals surface area contributed by atoms with Gasteiger partial charge in [0.05, 0.1) is 17.7 Å². The predicted molar refractivity (Wildman–Crippen MR) is 85.5 cm³/mol. The van der Waals surface area contributed by atoms with Crippen molar-refractivity contribution in [1.82, 2.24) is 0 Å². The van der Waals surface area contributed by atoms with Gasteiger partial charge in [0.2, 0.25) is 0 Å². The van der Waals surface area contributed by atoms with Gasteiger partial charge in [0, 0.05) is 5.33 Å². The van der Waals surface area contributed by atoms with E-state index in [0.29, 0.717) is 5.33 Å². The molecule has 1 heterocycles. The van der Waals surface area contributed by atoms with Gasteiger partial charge in [0.1, 0.15) is 4.88 Å². The van der Waals surface area contributed by atoms with Crippen LogP contribution in [0.1, 0.15) is 15.2 Å². The third kappa shape index (κ3) is 3.63. The van der Waals surface area contributed by atoms with Crippen molar-refractivity contribution >= 4 is 48.9 Å². The Morgan fingerprint density at radius 1 is 1.29 bits per heavy atom. The predicted octanol–water partition coefficient (Wildman–Crippen LogP) is 3.23. The highest BCUT2D eigenvalue weighted by molar-refractivity contribution is 9.08. The first-order chi connectivity index (χ1) is 9.97. The van der Waals surface area contributed by atoms with Crippen LogP contribution in [0.3, 0.4) is 0 Å². The lowest BCUT2D eigenvalue weighted by Crippen LogP contribution is -2.14. The number of sulfonamides is 1. The molecule has 2 aromatic rings. The lowest BCUT2D eigenvalue weighted by atomic mass is 10.2. The Hall–Kier alpha value is -1.38. The zero-order chi connectivity index (χ0) is 15.5. The lowest BCUT2D eigenvalue weighted by molar-refractivity contribution is 0.0607. The zero-order valence-corrected chi connectivity index (χ0v) is 14.2. The summed E-state index contributed by atoms with van der Waals surface area (Å²) in [6, 6.07) is 8.00. The molecule has 0 aliphatic heterocycles. The van der Waals surface area contributed by atoms with Crippen molar-refractivity contribution in [3.8, 4) is 0 Å². The van der Waals surface area contributed by atoms with Crippen molar-refractivity contribution in [3.05, 3.63) is 46.2 Å². The Kier molecular flexibility index (Phi) is 5.02. The molecule has 0 fully saturated rings. The first-order valence-corrected chi connectivity index (χ1v) is 9.30. The van der Waals surface area contributed by atoms with Crippen LogP contribution in [-0.4, -0.2) is 21.5 Å². The first-order valence-electron chi connectivity index (χ1n) is 5.81. The molecule has 0 aliphatic carbocycles. The molecule has 112 valence electrons. The number of carbonyl (C=O) groups is 1. The molecular weight excluding hydrogens is 378 g/mol. The summed E-state index contributed by atoms with van der Waals surface area (Å²) in [5.41, 5.74) is 1.19. The first kappa shape index (κ1) is 16.0. The van der Waals surface area contributed by atoms with Gasteiger partial charge in [0.25, 0.3) is 10.0 Å². The summed E-state index contributed by atoms with van der Waals surface area (Å²) in [5, 5.41) is 2.27. The summed E-state index contributed by atoms with van der Waals surface area (Å²) in [6.45, 7) is 0. The van der Waals surface area contributed by atoms with Crippen LogP contribution in [0.25, 0.3) is 0 Å².